The summed E-state index contributed by atoms with van der Waals surface area (Å²) in [6, 6.07) is 3.92. The number of hydrogen-bond donors (Lipinski definition) is 1. The van der Waals surface area contributed by atoms with Crippen molar-refractivity contribution in [1.82, 2.24) is 5.32 Å². The maximum atomic E-state index is 12.3. The van der Waals surface area contributed by atoms with Crippen LogP contribution in [0.2, 0.25) is 0 Å². The van der Waals surface area contributed by atoms with E-state index < -0.39 is 17.0 Å². The molecule has 1 aromatic carbocycles. The zero-order valence-electron chi connectivity index (χ0n) is 15.9. The van der Waals surface area contributed by atoms with E-state index in [0.717, 1.165) is 31.7 Å². The van der Waals surface area contributed by atoms with Crippen molar-refractivity contribution in [2.45, 2.75) is 58.6 Å². The minimum absolute atomic E-state index is 0.00385. The lowest BCUT2D eigenvalue weighted by Crippen LogP contribution is -2.45. The van der Waals surface area contributed by atoms with Gasteiger partial charge in [0.15, 0.2) is 11.9 Å². The Morgan fingerprint density at radius 1 is 1.33 bits per heavy atom. The van der Waals surface area contributed by atoms with Crippen LogP contribution in [0.4, 0.5) is 5.69 Å². The first-order valence-corrected chi connectivity index (χ1v) is 9.26. The highest BCUT2D eigenvalue weighted by Crippen LogP contribution is 2.28. The monoisotopic (exact) mass is 378 g/mol. The van der Waals surface area contributed by atoms with E-state index in [0.29, 0.717) is 5.92 Å². The lowest BCUT2D eigenvalue weighted by Gasteiger charge is -2.30. The molecular weight excluding hydrogens is 352 g/mol. The van der Waals surface area contributed by atoms with Crippen molar-refractivity contribution in [3.63, 3.8) is 0 Å². The van der Waals surface area contributed by atoms with Gasteiger partial charge in [0.1, 0.15) is 0 Å². The van der Waals surface area contributed by atoms with Crippen molar-refractivity contribution < 1.29 is 24.0 Å². The topological polar surface area (TPSA) is 108 Å². The van der Waals surface area contributed by atoms with Gasteiger partial charge in [-0.15, -0.1) is 0 Å². The van der Waals surface area contributed by atoms with Crippen LogP contribution in [-0.2, 0) is 9.53 Å². The predicted molar refractivity (Wildman–Crippen MR) is 98.7 cm³/mol. The number of hydrogen-bond acceptors (Lipinski definition) is 6. The minimum atomic E-state index is -0.989. The highest BCUT2D eigenvalue weighted by molar-refractivity contribution is 5.93. The van der Waals surface area contributed by atoms with Gasteiger partial charge in [0.25, 0.3) is 5.91 Å². The normalized spacial score (nSPS) is 20.4. The minimum Gasteiger partial charge on any atom is -0.487 e. The van der Waals surface area contributed by atoms with Crippen molar-refractivity contribution in [2.24, 2.45) is 5.92 Å². The molecule has 0 bridgehead atoms. The van der Waals surface area contributed by atoms with Crippen LogP contribution >= 0.6 is 0 Å². The largest absolute Gasteiger partial charge is 0.487 e. The maximum absolute atomic E-state index is 12.3. The van der Waals surface area contributed by atoms with Crippen LogP contribution in [0.3, 0.4) is 0 Å². The summed E-state index contributed by atoms with van der Waals surface area (Å²) < 4.78 is 10.4. The van der Waals surface area contributed by atoms with Gasteiger partial charge in [-0.2, -0.15) is 0 Å². The van der Waals surface area contributed by atoms with E-state index in [-0.39, 0.29) is 35.6 Å². The molecule has 0 spiro atoms. The van der Waals surface area contributed by atoms with Crippen LogP contribution in [0.5, 0.6) is 5.75 Å². The highest BCUT2D eigenvalue weighted by atomic mass is 16.6. The Balaban J connectivity index is 2.01. The highest BCUT2D eigenvalue weighted by Gasteiger charge is 2.27. The van der Waals surface area contributed by atoms with Crippen LogP contribution in [0.1, 0.15) is 56.8 Å². The van der Waals surface area contributed by atoms with Gasteiger partial charge in [-0.25, -0.2) is 4.79 Å². The van der Waals surface area contributed by atoms with Crippen molar-refractivity contribution in [3.8, 4) is 5.75 Å². The summed E-state index contributed by atoms with van der Waals surface area (Å²) in [7, 11) is 0. The summed E-state index contributed by atoms with van der Waals surface area (Å²) in [5.74, 6) is -0.682. The molecule has 0 unspecified atom stereocenters. The second kappa shape index (κ2) is 9.34. The fourth-order valence-corrected chi connectivity index (χ4v) is 3.18. The Kier molecular flexibility index (Phi) is 7.15. The predicted octanol–water partition coefficient (Wildman–Crippen LogP) is 3.23. The van der Waals surface area contributed by atoms with Gasteiger partial charge in [-0.3, -0.25) is 14.9 Å². The third kappa shape index (κ3) is 5.42. The number of nitrogens with zero attached hydrogens (tertiary/aromatic N) is 1. The number of rotatable bonds is 7. The number of amides is 1. The zero-order valence-corrected chi connectivity index (χ0v) is 15.9. The summed E-state index contributed by atoms with van der Waals surface area (Å²) >= 11 is 0. The molecule has 0 radical (unpaired) electrons. The van der Waals surface area contributed by atoms with E-state index in [4.69, 9.17) is 9.47 Å². The number of nitro benzene ring substituents is 1. The Hall–Kier alpha value is -2.64. The van der Waals surface area contributed by atoms with Crippen molar-refractivity contribution >= 4 is 17.6 Å². The van der Waals surface area contributed by atoms with Crippen molar-refractivity contribution in [2.75, 3.05) is 6.61 Å². The molecule has 1 amide bonds. The van der Waals surface area contributed by atoms with Crippen molar-refractivity contribution in [3.05, 3.63) is 33.9 Å². The number of nitro groups is 1. The van der Waals surface area contributed by atoms with Crippen LogP contribution in [0, 0.1) is 16.0 Å². The summed E-state index contributed by atoms with van der Waals surface area (Å²) in [6.45, 7) is 5.56. The van der Waals surface area contributed by atoms with Crippen LogP contribution in [0.25, 0.3) is 0 Å². The summed E-state index contributed by atoms with van der Waals surface area (Å²) in [5.41, 5.74) is -0.324. The van der Waals surface area contributed by atoms with Gasteiger partial charge in [0.2, 0.25) is 0 Å². The molecule has 8 nitrogen and oxygen atoms in total. The molecule has 1 aliphatic carbocycles. The SMILES string of the molecule is CCOc1ccc(C(=O)O[C@@H](C)C(=O)N[C@@H]2CCCC[C@@H]2C)cc1[N+](=O)[O-]. The van der Waals surface area contributed by atoms with Crippen molar-refractivity contribution in [1.29, 1.82) is 0 Å². The Morgan fingerprint density at radius 2 is 2.04 bits per heavy atom. The standard InChI is InChI=1S/C19H26N2O6/c1-4-26-17-10-9-14(11-16(17)21(24)25)19(23)27-13(3)18(22)20-15-8-6-5-7-12(15)2/h9-13,15H,4-8H2,1-3H3,(H,20,22)/t12-,13-,15+/m0/s1. The molecule has 0 heterocycles. The van der Waals surface area contributed by atoms with Gasteiger partial charge < -0.3 is 14.8 Å². The summed E-state index contributed by atoms with van der Waals surface area (Å²) in [4.78, 5) is 35.2. The van der Waals surface area contributed by atoms with Gasteiger partial charge in [-0.05, 0) is 44.7 Å². The van der Waals surface area contributed by atoms with E-state index >= 15 is 0 Å². The average molecular weight is 378 g/mol. The zero-order chi connectivity index (χ0) is 20.0. The molecule has 1 aromatic rings. The molecule has 3 atom stereocenters. The fraction of sp³-hybridized carbons (Fsp3) is 0.579. The van der Waals surface area contributed by atoms with E-state index in [1.54, 1.807) is 6.92 Å². The smallest absolute Gasteiger partial charge is 0.339 e. The number of esters is 1. The van der Waals surface area contributed by atoms with E-state index in [1.807, 2.05) is 0 Å². The molecule has 27 heavy (non-hydrogen) atoms. The van der Waals surface area contributed by atoms with Gasteiger partial charge in [-0.1, -0.05) is 19.8 Å². The molecule has 1 fully saturated rings. The average Bonchev–Trinajstić information content (AvgIpc) is 2.63. The Bertz CT molecular complexity index is 705. The van der Waals surface area contributed by atoms with Gasteiger partial charge in [0.05, 0.1) is 17.1 Å². The van der Waals surface area contributed by atoms with Gasteiger partial charge >= 0.3 is 11.7 Å². The third-order valence-electron chi connectivity index (χ3n) is 4.78. The summed E-state index contributed by atoms with van der Waals surface area (Å²) in [6.07, 6.45) is 3.22. The van der Waals surface area contributed by atoms with E-state index in [9.17, 15) is 19.7 Å². The molecule has 1 saturated carbocycles. The Morgan fingerprint density at radius 3 is 2.67 bits per heavy atom. The van der Waals surface area contributed by atoms with E-state index in [1.165, 1.54) is 19.1 Å². The number of carbonyl (C=O) groups is 2. The number of ether oxygens (including phenoxy) is 2. The molecule has 0 saturated heterocycles. The van der Waals surface area contributed by atoms with Crippen LogP contribution in [-0.4, -0.2) is 35.6 Å². The lowest BCUT2D eigenvalue weighted by molar-refractivity contribution is -0.385. The first kappa shape index (κ1) is 20.7. The quantitative estimate of drug-likeness (QED) is 0.443. The van der Waals surface area contributed by atoms with Crippen LogP contribution < -0.4 is 10.1 Å². The maximum Gasteiger partial charge on any atom is 0.339 e. The molecule has 0 aliphatic heterocycles. The number of benzene rings is 1. The molecule has 8 heteroatoms. The van der Waals surface area contributed by atoms with Gasteiger partial charge in [0, 0.05) is 12.1 Å². The second-order valence-electron chi connectivity index (χ2n) is 6.80. The molecule has 2 rings (SSSR count). The first-order chi connectivity index (χ1) is 12.8. The molecule has 1 N–H and O–H groups in total. The third-order valence-corrected chi connectivity index (χ3v) is 4.78. The molecule has 1 aliphatic rings. The number of carbonyl (C=O) groups excluding carboxylic acids is 2. The van der Waals surface area contributed by atoms with Crippen LogP contribution in [0.15, 0.2) is 18.2 Å². The molecule has 0 aromatic heterocycles. The van der Waals surface area contributed by atoms with E-state index in [2.05, 4.69) is 12.2 Å². The lowest BCUT2D eigenvalue weighted by atomic mass is 9.86. The first-order valence-electron chi connectivity index (χ1n) is 9.26. The molecule has 148 valence electrons. The Labute approximate surface area is 158 Å². The fourth-order valence-electron chi connectivity index (χ4n) is 3.18. The summed E-state index contributed by atoms with van der Waals surface area (Å²) in [5, 5.41) is 14.1. The molecular formula is C19H26N2O6. The second-order valence-corrected chi connectivity index (χ2v) is 6.80. The number of nitrogens with one attached hydrogen (secondary N) is 1.